The van der Waals surface area contributed by atoms with E-state index in [2.05, 4.69) is 41.2 Å². The molecule has 6 nitrogen and oxygen atoms in total. The van der Waals surface area contributed by atoms with Gasteiger partial charge in [-0.05, 0) is 66.0 Å². The summed E-state index contributed by atoms with van der Waals surface area (Å²) in [4.78, 5) is 19.5. The molecular weight excluding hydrogens is 302 g/mol. The van der Waals surface area contributed by atoms with Crippen LogP contribution in [-0.4, -0.2) is 50.7 Å². The number of aromatic nitrogens is 3. The fourth-order valence-electron chi connectivity index (χ4n) is 3.25. The predicted octanol–water partition coefficient (Wildman–Crippen LogP) is 2.55. The molecule has 0 bridgehead atoms. The molecule has 0 spiro atoms. The van der Waals surface area contributed by atoms with Gasteiger partial charge in [-0.2, -0.15) is 5.10 Å². The van der Waals surface area contributed by atoms with Crippen molar-refractivity contribution in [1.82, 2.24) is 25.4 Å². The number of nitrogens with one attached hydrogen (secondary N) is 2. The Morgan fingerprint density at radius 3 is 2.54 bits per heavy atom. The number of nitrogens with zero attached hydrogens (tertiary/aromatic N) is 3. The van der Waals surface area contributed by atoms with Gasteiger partial charge in [0.15, 0.2) is 5.82 Å². The molecule has 3 rings (SSSR count). The highest BCUT2D eigenvalue weighted by molar-refractivity contribution is 5.82. The van der Waals surface area contributed by atoms with Crippen LogP contribution in [0.2, 0.25) is 0 Å². The van der Waals surface area contributed by atoms with Gasteiger partial charge in [-0.15, -0.1) is 0 Å². The number of carbonyl (C=O) groups excluding carboxylic acids is 1. The quantitative estimate of drug-likeness (QED) is 0.839. The molecule has 2 N–H and O–H groups in total. The van der Waals surface area contributed by atoms with Crippen molar-refractivity contribution >= 4 is 5.91 Å². The molecule has 1 amide bonds. The van der Waals surface area contributed by atoms with Crippen LogP contribution in [0.3, 0.4) is 0 Å². The number of hydrogen-bond donors (Lipinski definition) is 2. The van der Waals surface area contributed by atoms with Gasteiger partial charge in [-0.3, -0.25) is 14.8 Å². The van der Waals surface area contributed by atoms with E-state index in [9.17, 15) is 4.79 Å². The molecule has 1 unspecified atom stereocenters. The van der Waals surface area contributed by atoms with E-state index in [0.29, 0.717) is 11.8 Å². The van der Waals surface area contributed by atoms with Crippen LogP contribution < -0.4 is 5.32 Å². The van der Waals surface area contributed by atoms with Crippen molar-refractivity contribution in [3.05, 3.63) is 11.6 Å². The van der Waals surface area contributed by atoms with Crippen molar-refractivity contribution in [2.45, 2.75) is 83.2 Å². The largest absolute Gasteiger partial charge is 0.350 e. The molecule has 6 heteroatoms. The average Bonchev–Trinajstić information content (AvgIpc) is 3.31. The number of H-pyrrole nitrogens is 1. The van der Waals surface area contributed by atoms with E-state index in [-0.39, 0.29) is 17.5 Å². The van der Waals surface area contributed by atoms with Gasteiger partial charge in [0.05, 0.1) is 6.04 Å². The molecule has 1 atom stereocenters. The van der Waals surface area contributed by atoms with E-state index in [0.717, 1.165) is 44.0 Å². The standard InChI is InChI=1S/C18H31N5O/c1-5-18(3,4)20-17(24)12(2)23-10-8-14(9-11-23)16-19-15(21-22-16)13-6-7-13/h12-14H,5-11H2,1-4H3,(H,20,24)(H,19,21,22). The topological polar surface area (TPSA) is 73.9 Å². The number of amides is 1. The summed E-state index contributed by atoms with van der Waals surface area (Å²) in [7, 11) is 0. The SMILES string of the molecule is CCC(C)(C)NC(=O)C(C)N1CCC(c2nc(C3CC3)n[nH]2)CC1. The van der Waals surface area contributed by atoms with E-state index in [1.165, 1.54) is 12.8 Å². The maximum absolute atomic E-state index is 12.5. The number of carbonyl (C=O) groups is 1. The highest BCUT2D eigenvalue weighted by Crippen LogP contribution is 2.38. The van der Waals surface area contributed by atoms with Gasteiger partial charge >= 0.3 is 0 Å². The molecule has 1 aromatic heterocycles. The summed E-state index contributed by atoms with van der Waals surface area (Å²) >= 11 is 0. The Balaban J connectivity index is 1.51. The van der Waals surface area contributed by atoms with E-state index in [1.807, 2.05) is 6.92 Å². The van der Waals surface area contributed by atoms with Crippen LogP contribution in [0.4, 0.5) is 0 Å². The molecular formula is C18H31N5O. The Morgan fingerprint density at radius 2 is 1.96 bits per heavy atom. The first kappa shape index (κ1) is 17.4. The van der Waals surface area contributed by atoms with Gasteiger partial charge < -0.3 is 5.32 Å². The van der Waals surface area contributed by atoms with Gasteiger partial charge in [-0.25, -0.2) is 4.98 Å². The number of aromatic amines is 1. The van der Waals surface area contributed by atoms with Crippen LogP contribution >= 0.6 is 0 Å². The normalized spacial score (nSPS) is 21.7. The number of likely N-dealkylation sites (tertiary alicyclic amines) is 1. The fraction of sp³-hybridized carbons (Fsp3) is 0.833. The summed E-state index contributed by atoms with van der Waals surface area (Å²) in [6.45, 7) is 10.1. The second-order valence-corrected chi connectivity index (χ2v) is 8.07. The average molecular weight is 333 g/mol. The Labute approximate surface area is 144 Å². The van der Waals surface area contributed by atoms with Crippen molar-refractivity contribution in [1.29, 1.82) is 0 Å². The molecule has 2 aliphatic rings. The second kappa shape index (κ2) is 6.82. The van der Waals surface area contributed by atoms with Gasteiger partial charge in [0.1, 0.15) is 5.82 Å². The van der Waals surface area contributed by atoms with Crippen LogP contribution in [0.5, 0.6) is 0 Å². The third-order valence-electron chi connectivity index (χ3n) is 5.65. The van der Waals surface area contributed by atoms with E-state index in [1.54, 1.807) is 0 Å². The minimum atomic E-state index is -0.136. The van der Waals surface area contributed by atoms with Crippen LogP contribution in [0, 0.1) is 0 Å². The van der Waals surface area contributed by atoms with Crippen LogP contribution in [0.15, 0.2) is 0 Å². The molecule has 0 aromatic carbocycles. The smallest absolute Gasteiger partial charge is 0.237 e. The lowest BCUT2D eigenvalue weighted by atomic mass is 9.95. The molecule has 2 fully saturated rings. The summed E-state index contributed by atoms with van der Waals surface area (Å²) < 4.78 is 0. The Hall–Kier alpha value is -1.43. The summed E-state index contributed by atoms with van der Waals surface area (Å²) in [6, 6.07) is -0.0754. The van der Waals surface area contributed by atoms with Crippen molar-refractivity contribution in [2.24, 2.45) is 0 Å². The number of hydrogen-bond acceptors (Lipinski definition) is 4. The lowest BCUT2D eigenvalue weighted by Gasteiger charge is -2.36. The second-order valence-electron chi connectivity index (χ2n) is 8.07. The first-order valence-corrected chi connectivity index (χ1v) is 9.38. The zero-order valence-electron chi connectivity index (χ0n) is 15.4. The van der Waals surface area contributed by atoms with Crippen molar-refractivity contribution in [2.75, 3.05) is 13.1 Å². The van der Waals surface area contributed by atoms with Gasteiger partial charge in [0.2, 0.25) is 5.91 Å². The lowest BCUT2D eigenvalue weighted by molar-refractivity contribution is -0.128. The zero-order valence-corrected chi connectivity index (χ0v) is 15.4. The highest BCUT2D eigenvalue weighted by atomic mass is 16.2. The lowest BCUT2D eigenvalue weighted by Crippen LogP contribution is -2.53. The molecule has 1 saturated heterocycles. The molecule has 0 radical (unpaired) electrons. The maximum Gasteiger partial charge on any atom is 0.237 e. The van der Waals surface area contributed by atoms with Gasteiger partial charge in [0.25, 0.3) is 0 Å². The highest BCUT2D eigenvalue weighted by Gasteiger charge is 2.32. The number of piperidine rings is 1. The van der Waals surface area contributed by atoms with Crippen LogP contribution in [-0.2, 0) is 4.79 Å². The first-order chi connectivity index (χ1) is 11.4. The predicted molar refractivity (Wildman–Crippen MR) is 93.9 cm³/mol. The molecule has 24 heavy (non-hydrogen) atoms. The molecule has 2 heterocycles. The summed E-state index contributed by atoms with van der Waals surface area (Å²) in [5.41, 5.74) is -0.136. The molecule has 1 aliphatic heterocycles. The Kier molecular flexibility index (Phi) is 4.95. The third-order valence-corrected chi connectivity index (χ3v) is 5.65. The minimum Gasteiger partial charge on any atom is -0.350 e. The molecule has 1 aromatic rings. The molecule has 1 saturated carbocycles. The molecule has 134 valence electrons. The first-order valence-electron chi connectivity index (χ1n) is 9.38. The monoisotopic (exact) mass is 333 g/mol. The Morgan fingerprint density at radius 1 is 1.29 bits per heavy atom. The van der Waals surface area contributed by atoms with E-state index < -0.39 is 0 Å². The van der Waals surface area contributed by atoms with Crippen molar-refractivity contribution in [3.8, 4) is 0 Å². The van der Waals surface area contributed by atoms with Crippen LogP contribution in [0.1, 0.15) is 83.3 Å². The van der Waals surface area contributed by atoms with Gasteiger partial charge in [0, 0.05) is 17.4 Å². The third kappa shape index (κ3) is 3.97. The van der Waals surface area contributed by atoms with Crippen LogP contribution in [0.25, 0.3) is 0 Å². The zero-order chi connectivity index (χ0) is 17.3. The minimum absolute atomic E-state index is 0.0754. The summed E-state index contributed by atoms with van der Waals surface area (Å²) in [5.74, 6) is 3.23. The molecule has 1 aliphatic carbocycles. The van der Waals surface area contributed by atoms with E-state index >= 15 is 0 Å². The maximum atomic E-state index is 12.5. The van der Waals surface area contributed by atoms with Gasteiger partial charge in [-0.1, -0.05) is 6.92 Å². The summed E-state index contributed by atoms with van der Waals surface area (Å²) in [6.07, 6.45) is 5.47. The Bertz CT molecular complexity index is 570. The number of rotatable bonds is 6. The van der Waals surface area contributed by atoms with Crippen molar-refractivity contribution < 1.29 is 4.79 Å². The summed E-state index contributed by atoms with van der Waals surface area (Å²) in [5, 5.41) is 10.7. The van der Waals surface area contributed by atoms with Crippen molar-refractivity contribution in [3.63, 3.8) is 0 Å². The van der Waals surface area contributed by atoms with E-state index in [4.69, 9.17) is 4.98 Å². The fourth-order valence-corrected chi connectivity index (χ4v) is 3.25.